The minimum absolute atomic E-state index is 0.0645. The number of rotatable bonds is 6. The summed E-state index contributed by atoms with van der Waals surface area (Å²) in [6, 6.07) is 6.93. The largest absolute Gasteiger partial charge is 0.444 e. The summed E-state index contributed by atoms with van der Waals surface area (Å²) in [4.78, 5) is 11.6. The molecule has 1 aromatic carbocycles. The van der Waals surface area contributed by atoms with Gasteiger partial charge in [-0.2, -0.15) is 0 Å². The molecule has 1 amide bonds. The Kier molecular flexibility index (Phi) is 6.58. The van der Waals surface area contributed by atoms with Crippen LogP contribution in [0.2, 0.25) is 0 Å². The van der Waals surface area contributed by atoms with E-state index in [1.165, 1.54) is 0 Å². The number of carbonyl (C=O) groups is 1. The summed E-state index contributed by atoms with van der Waals surface area (Å²) < 4.78 is 31.4. The highest BCUT2D eigenvalue weighted by Crippen LogP contribution is 2.10. The van der Waals surface area contributed by atoms with E-state index in [2.05, 4.69) is 10.0 Å². The summed E-state index contributed by atoms with van der Waals surface area (Å²) in [7, 11) is -3.33. The van der Waals surface area contributed by atoms with Gasteiger partial charge in [0.15, 0.2) is 0 Å². The van der Waals surface area contributed by atoms with Crippen molar-refractivity contribution >= 4 is 16.1 Å². The second kappa shape index (κ2) is 7.79. The van der Waals surface area contributed by atoms with Gasteiger partial charge in [0, 0.05) is 12.6 Å². The average molecular weight is 342 g/mol. The maximum atomic E-state index is 11.9. The standard InChI is InChI=1S/C16H26N2O4S/c1-12(2)18-23(20,21)11-14-8-6-13(7-9-14)10-17-15(19)22-16(3,4)5/h6-9,12,18H,10-11H2,1-5H3,(H,17,19). The number of sulfonamides is 1. The lowest BCUT2D eigenvalue weighted by atomic mass is 10.1. The number of hydrogen-bond donors (Lipinski definition) is 2. The van der Waals surface area contributed by atoms with Gasteiger partial charge in [-0.3, -0.25) is 0 Å². The minimum atomic E-state index is -3.33. The van der Waals surface area contributed by atoms with Crippen molar-refractivity contribution in [3.05, 3.63) is 35.4 Å². The molecule has 0 saturated carbocycles. The Bertz CT molecular complexity index is 616. The smallest absolute Gasteiger partial charge is 0.407 e. The summed E-state index contributed by atoms with van der Waals surface area (Å²) >= 11 is 0. The molecule has 130 valence electrons. The van der Waals surface area contributed by atoms with Gasteiger partial charge in [-0.1, -0.05) is 24.3 Å². The average Bonchev–Trinajstić information content (AvgIpc) is 2.33. The van der Waals surface area contributed by atoms with Gasteiger partial charge >= 0.3 is 6.09 Å². The molecule has 0 spiro atoms. The summed E-state index contributed by atoms with van der Waals surface area (Å²) in [5.74, 6) is -0.0645. The molecule has 0 saturated heterocycles. The van der Waals surface area contributed by atoms with Crippen molar-refractivity contribution in [3.8, 4) is 0 Å². The van der Waals surface area contributed by atoms with Crippen molar-refractivity contribution in [2.75, 3.05) is 0 Å². The molecule has 0 heterocycles. The van der Waals surface area contributed by atoms with Crippen LogP contribution in [0.5, 0.6) is 0 Å². The third-order valence-corrected chi connectivity index (χ3v) is 4.17. The van der Waals surface area contributed by atoms with E-state index >= 15 is 0 Å². The van der Waals surface area contributed by atoms with Crippen LogP contribution in [0, 0.1) is 0 Å². The highest BCUT2D eigenvalue weighted by atomic mass is 32.2. The predicted molar refractivity (Wildman–Crippen MR) is 90.4 cm³/mol. The first-order chi connectivity index (χ1) is 10.5. The SMILES string of the molecule is CC(C)NS(=O)(=O)Cc1ccc(CNC(=O)OC(C)(C)C)cc1. The van der Waals surface area contributed by atoms with Crippen LogP contribution in [0.3, 0.4) is 0 Å². The van der Waals surface area contributed by atoms with Gasteiger partial charge in [-0.05, 0) is 45.7 Å². The molecular formula is C16H26N2O4S. The molecule has 23 heavy (non-hydrogen) atoms. The molecule has 0 aromatic heterocycles. The molecule has 0 aliphatic rings. The van der Waals surface area contributed by atoms with E-state index in [0.29, 0.717) is 12.1 Å². The first-order valence-corrected chi connectivity index (χ1v) is 9.17. The molecular weight excluding hydrogens is 316 g/mol. The second-order valence-corrected chi connectivity index (χ2v) is 8.46. The van der Waals surface area contributed by atoms with E-state index in [4.69, 9.17) is 4.74 Å². The Balaban J connectivity index is 2.56. The molecule has 0 radical (unpaired) electrons. The Morgan fingerprint density at radius 2 is 1.65 bits per heavy atom. The van der Waals surface area contributed by atoms with Crippen molar-refractivity contribution < 1.29 is 17.9 Å². The number of nitrogens with one attached hydrogen (secondary N) is 2. The van der Waals surface area contributed by atoms with Gasteiger partial charge in [0.05, 0.1) is 5.75 Å². The minimum Gasteiger partial charge on any atom is -0.444 e. The number of hydrogen-bond acceptors (Lipinski definition) is 4. The van der Waals surface area contributed by atoms with Crippen LogP contribution in [0.25, 0.3) is 0 Å². The van der Waals surface area contributed by atoms with Crippen molar-refractivity contribution in [2.45, 2.75) is 58.6 Å². The molecule has 1 rings (SSSR count). The van der Waals surface area contributed by atoms with E-state index in [1.807, 2.05) is 0 Å². The van der Waals surface area contributed by atoms with Gasteiger partial charge in [0.1, 0.15) is 5.60 Å². The Hall–Kier alpha value is -1.60. The zero-order chi connectivity index (χ0) is 17.7. The maximum absolute atomic E-state index is 11.9. The molecule has 0 fully saturated rings. The summed E-state index contributed by atoms with van der Waals surface area (Å²) in [5, 5.41) is 2.66. The van der Waals surface area contributed by atoms with Gasteiger partial charge in [0.2, 0.25) is 10.0 Å². The van der Waals surface area contributed by atoms with Crippen LogP contribution in [0.15, 0.2) is 24.3 Å². The first kappa shape index (κ1) is 19.4. The van der Waals surface area contributed by atoms with Crippen LogP contribution in [0.1, 0.15) is 45.7 Å². The Morgan fingerprint density at radius 1 is 1.13 bits per heavy atom. The highest BCUT2D eigenvalue weighted by molar-refractivity contribution is 7.88. The molecule has 0 atom stereocenters. The van der Waals surface area contributed by atoms with E-state index in [9.17, 15) is 13.2 Å². The van der Waals surface area contributed by atoms with Gasteiger partial charge in [-0.25, -0.2) is 17.9 Å². The van der Waals surface area contributed by atoms with Crippen molar-refractivity contribution in [1.82, 2.24) is 10.0 Å². The fraction of sp³-hybridized carbons (Fsp3) is 0.562. The van der Waals surface area contributed by atoms with Crippen LogP contribution in [-0.4, -0.2) is 26.2 Å². The highest BCUT2D eigenvalue weighted by Gasteiger charge is 2.16. The first-order valence-electron chi connectivity index (χ1n) is 7.51. The zero-order valence-electron chi connectivity index (χ0n) is 14.3. The lowest BCUT2D eigenvalue weighted by molar-refractivity contribution is 0.0523. The normalized spacial score (nSPS) is 12.3. The number of benzene rings is 1. The second-order valence-electron chi connectivity index (χ2n) is 6.70. The fourth-order valence-corrected chi connectivity index (χ4v) is 3.29. The number of ether oxygens (including phenoxy) is 1. The monoisotopic (exact) mass is 342 g/mol. The van der Waals surface area contributed by atoms with Crippen LogP contribution in [0.4, 0.5) is 4.79 Å². The zero-order valence-corrected chi connectivity index (χ0v) is 15.2. The topological polar surface area (TPSA) is 84.5 Å². The van der Waals surface area contributed by atoms with Crippen molar-refractivity contribution in [3.63, 3.8) is 0 Å². The van der Waals surface area contributed by atoms with Crippen molar-refractivity contribution in [1.29, 1.82) is 0 Å². The quantitative estimate of drug-likeness (QED) is 0.832. The van der Waals surface area contributed by atoms with Crippen LogP contribution in [-0.2, 0) is 27.1 Å². The van der Waals surface area contributed by atoms with Gasteiger partial charge in [0.25, 0.3) is 0 Å². The summed E-state index contributed by atoms with van der Waals surface area (Å²) in [6.45, 7) is 9.28. The molecule has 0 unspecified atom stereocenters. The molecule has 6 nitrogen and oxygen atoms in total. The van der Waals surface area contributed by atoms with Crippen LogP contribution >= 0.6 is 0 Å². The molecule has 0 bridgehead atoms. The fourth-order valence-electron chi connectivity index (χ4n) is 1.86. The van der Waals surface area contributed by atoms with Gasteiger partial charge in [-0.15, -0.1) is 0 Å². The van der Waals surface area contributed by atoms with E-state index < -0.39 is 21.7 Å². The lowest BCUT2D eigenvalue weighted by Gasteiger charge is -2.19. The van der Waals surface area contributed by atoms with E-state index in [1.54, 1.807) is 58.9 Å². The van der Waals surface area contributed by atoms with Gasteiger partial charge < -0.3 is 10.1 Å². The molecule has 2 N–H and O–H groups in total. The van der Waals surface area contributed by atoms with E-state index in [-0.39, 0.29) is 11.8 Å². The Morgan fingerprint density at radius 3 is 2.13 bits per heavy atom. The number of alkyl carbamates (subject to hydrolysis) is 1. The number of amides is 1. The third kappa shape index (κ3) is 8.56. The van der Waals surface area contributed by atoms with E-state index in [0.717, 1.165) is 5.56 Å². The molecule has 0 aliphatic carbocycles. The lowest BCUT2D eigenvalue weighted by Crippen LogP contribution is -2.32. The predicted octanol–water partition coefficient (Wildman–Crippen LogP) is 2.54. The molecule has 0 aliphatic heterocycles. The summed E-state index contributed by atoms with van der Waals surface area (Å²) in [6.07, 6.45) is -0.481. The Labute approximate surface area is 138 Å². The van der Waals surface area contributed by atoms with Crippen LogP contribution < -0.4 is 10.0 Å². The molecule has 1 aromatic rings. The maximum Gasteiger partial charge on any atom is 0.407 e. The summed E-state index contributed by atoms with van der Waals surface area (Å²) in [5.41, 5.74) is 1.03. The third-order valence-electron chi connectivity index (χ3n) is 2.63. The van der Waals surface area contributed by atoms with Crippen molar-refractivity contribution in [2.24, 2.45) is 0 Å². The number of carbonyl (C=O) groups excluding carboxylic acids is 1. The molecule has 7 heteroatoms.